The van der Waals surface area contributed by atoms with E-state index >= 15 is 0 Å². The lowest BCUT2D eigenvalue weighted by Crippen LogP contribution is -2.47. The summed E-state index contributed by atoms with van der Waals surface area (Å²) in [4.78, 5) is 10.9. The third-order valence-corrected chi connectivity index (χ3v) is 3.98. The van der Waals surface area contributed by atoms with E-state index in [9.17, 15) is 4.79 Å². The first-order chi connectivity index (χ1) is 8.16. The predicted octanol–water partition coefficient (Wildman–Crippen LogP) is 2.59. The van der Waals surface area contributed by atoms with Gasteiger partial charge in [-0.2, -0.15) is 0 Å². The van der Waals surface area contributed by atoms with E-state index in [1.807, 2.05) is 18.2 Å². The Morgan fingerprint density at radius 1 is 1.41 bits per heavy atom. The summed E-state index contributed by atoms with van der Waals surface area (Å²) < 4.78 is 1.10. The van der Waals surface area contributed by atoms with Crippen molar-refractivity contribution in [2.75, 3.05) is 0 Å². The largest absolute Gasteiger partial charge is 0.480 e. The molecule has 0 amide bonds. The van der Waals surface area contributed by atoms with Crippen molar-refractivity contribution in [2.24, 2.45) is 0 Å². The molecule has 0 bridgehead atoms. The van der Waals surface area contributed by atoms with Gasteiger partial charge >= 0.3 is 5.97 Å². The summed E-state index contributed by atoms with van der Waals surface area (Å²) in [6, 6.07) is 7.99. The van der Waals surface area contributed by atoms with E-state index in [2.05, 4.69) is 27.3 Å². The fourth-order valence-electron chi connectivity index (χ4n) is 2.30. The van der Waals surface area contributed by atoms with Crippen LogP contribution >= 0.6 is 15.9 Å². The maximum absolute atomic E-state index is 10.9. The van der Waals surface area contributed by atoms with Gasteiger partial charge in [-0.25, -0.2) is 0 Å². The second-order valence-electron chi connectivity index (χ2n) is 4.48. The van der Waals surface area contributed by atoms with E-state index in [1.54, 1.807) is 0 Å². The van der Waals surface area contributed by atoms with Gasteiger partial charge in [0.1, 0.15) is 6.04 Å². The second kappa shape index (κ2) is 5.65. The van der Waals surface area contributed by atoms with Crippen molar-refractivity contribution >= 4 is 21.9 Å². The van der Waals surface area contributed by atoms with Gasteiger partial charge in [0, 0.05) is 10.5 Å². The van der Waals surface area contributed by atoms with E-state index in [-0.39, 0.29) is 12.1 Å². The van der Waals surface area contributed by atoms with Crippen molar-refractivity contribution < 1.29 is 9.90 Å². The Bertz CT molecular complexity index is 408. The SMILES string of the molecule is O=C(O)C1CCCC(Cc2ccccc2Br)N1. The van der Waals surface area contributed by atoms with E-state index in [0.29, 0.717) is 0 Å². The molecule has 0 radical (unpaired) electrons. The van der Waals surface area contributed by atoms with Gasteiger partial charge in [0.05, 0.1) is 0 Å². The maximum atomic E-state index is 10.9. The molecule has 0 aromatic heterocycles. The summed E-state index contributed by atoms with van der Waals surface area (Å²) in [5.41, 5.74) is 1.23. The Labute approximate surface area is 109 Å². The molecule has 1 heterocycles. The third-order valence-electron chi connectivity index (χ3n) is 3.20. The highest BCUT2D eigenvalue weighted by Crippen LogP contribution is 2.21. The molecule has 4 heteroatoms. The Balaban J connectivity index is 1.99. The number of carboxylic acid groups (broad SMARTS) is 1. The highest BCUT2D eigenvalue weighted by molar-refractivity contribution is 9.10. The lowest BCUT2D eigenvalue weighted by molar-refractivity contribution is -0.140. The highest BCUT2D eigenvalue weighted by Gasteiger charge is 2.26. The third kappa shape index (κ3) is 3.30. The molecule has 2 N–H and O–H groups in total. The molecule has 92 valence electrons. The van der Waals surface area contributed by atoms with Gasteiger partial charge in [0.15, 0.2) is 0 Å². The van der Waals surface area contributed by atoms with Crippen LogP contribution in [0, 0.1) is 0 Å². The normalized spacial score (nSPS) is 24.5. The summed E-state index contributed by atoms with van der Waals surface area (Å²) in [5.74, 6) is -0.734. The molecule has 1 aliphatic rings. The molecule has 2 atom stereocenters. The minimum atomic E-state index is -0.734. The summed E-state index contributed by atoms with van der Waals surface area (Å²) >= 11 is 3.52. The van der Waals surface area contributed by atoms with Gasteiger partial charge < -0.3 is 10.4 Å². The van der Waals surface area contributed by atoms with Gasteiger partial charge in [-0.1, -0.05) is 34.1 Å². The van der Waals surface area contributed by atoms with Crippen molar-refractivity contribution in [1.29, 1.82) is 0 Å². The number of carbonyl (C=O) groups is 1. The highest BCUT2D eigenvalue weighted by atomic mass is 79.9. The number of piperidine rings is 1. The van der Waals surface area contributed by atoms with Crippen LogP contribution in [0.2, 0.25) is 0 Å². The Kier molecular flexibility index (Phi) is 4.18. The summed E-state index contributed by atoms with van der Waals surface area (Å²) in [6.07, 6.45) is 3.65. The lowest BCUT2D eigenvalue weighted by atomic mass is 9.94. The Morgan fingerprint density at radius 2 is 2.18 bits per heavy atom. The molecule has 1 aliphatic heterocycles. The van der Waals surface area contributed by atoms with E-state index in [1.165, 1.54) is 5.56 Å². The van der Waals surface area contributed by atoms with Crippen LogP contribution in [0.4, 0.5) is 0 Å². The number of halogens is 1. The molecule has 1 aromatic rings. The average molecular weight is 298 g/mol. The monoisotopic (exact) mass is 297 g/mol. The minimum Gasteiger partial charge on any atom is -0.480 e. The molecule has 0 aliphatic carbocycles. The Hall–Kier alpha value is -0.870. The summed E-state index contributed by atoms with van der Waals surface area (Å²) in [6.45, 7) is 0. The molecule has 0 spiro atoms. The van der Waals surface area contributed by atoms with Gasteiger partial charge in [0.2, 0.25) is 0 Å². The lowest BCUT2D eigenvalue weighted by Gasteiger charge is -2.28. The van der Waals surface area contributed by atoms with Crippen molar-refractivity contribution in [1.82, 2.24) is 5.32 Å². The van der Waals surface area contributed by atoms with Gasteiger partial charge in [-0.05, 0) is 37.3 Å². The van der Waals surface area contributed by atoms with Crippen molar-refractivity contribution in [2.45, 2.75) is 37.8 Å². The van der Waals surface area contributed by atoms with Crippen LogP contribution < -0.4 is 5.32 Å². The molecule has 17 heavy (non-hydrogen) atoms. The average Bonchev–Trinajstić information content (AvgIpc) is 2.32. The quantitative estimate of drug-likeness (QED) is 0.902. The predicted molar refractivity (Wildman–Crippen MR) is 70.0 cm³/mol. The zero-order valence-corrected chi connectivity index (χ0v) is 11.1. The number of carboxylic acids is 1. The molecule has 2 unspecified atom stereocenters. The molecule has 1 aromatic carbocycles. The van der Waals surface area contributed by atoms with Crippen LogP contribution in [-0.4, -0.2) is 23.2 Å². The standard InChI is InChI=1S/C13H16BrNO2/c14-11-6-2-1-4-9(11)8-10-5-3-7-12(15-10)13(16)17/h1-2,4,6,10,12,15H,3,5,7-8H2,(H,16,17). The molecular formula is C13H16BrNO2. The van der Waals surface area contributed by atoms with Crippen LogP contribution in [0.25, 0.3) is 0 Å². The Morgan fingerprint density at radius 3 is 2.88 bits per heavy atom. The van der Waals surface area contributed by atoms with Gasteiger partial charge in [-0.3, -0.25) is 4.79 Å². The van der Waals surface area contributed by atoms with Crippen molar-refractivity contribution in [3.63, 3.8) is 0 Å². The van der Waals surface area contributed by atoms with Crippen molar-refractivity contribution in [3.05, 3.63) is 34.3 Å². The van der Waals surface area contributed by atoms with Crippen LogP contribution in [0.3, 0.4) is 0 Å². The number of aliphatic carboxylic acids is 1. The minimum absolute atomic E-state index is 0.267. The van der Waals surface area contributed by atoms with E-state index in [0.717, 1.165) is 30.2 Å². The first kappa shape index (κ1) is 12.6. The smallest absolute Gasteiger partial charge is 0.320 e. The second-order valence-corrected chi connectivity index (χ2v) is 5.34. The maximum Gasteiger partial charge on any atom is 0.320 e. The van der Waals surface area contributed by atoms with Crippen LogP contribution in [0.1, 0.15) is 24.8 Å². The summed E-state index contributed by atoms with van der Waals surface area (Å²) in [7, 11) is 0. The van der Waals surface area contributed by atoms with Gasteiger partial charge in [0.25, 0.3) is 0 Å². The topological polar surface area (TPSA) is 49.3 Å². The zero-order chi connectivity index (χ0) is 12.3. The number of hydrogen-bond acceptors (Lipinski definition) is 2. The molecule has 2 rings (SSSR count). The number of nitrogens with one attached hydrogen (secondary N) is 1. The molecule has 3 nitrogen and oxygen atoms in total. The fraction of sp³-hybridized carbons (Fsp3) is 0.462. The summed E-state index contributed by atoms with van der Waals surface area (Å²) in [5, 5.41) is 12.2. The van der Waals surface area contributed by atoms with Crippen LogP contribution in [-0.2, 0) is 11.2 Å². The van der Waals surface area contributed by atoms with Crippen LogP contribution in [0.15, 0.2) is 28.7 Å². The van der Waals surface area contributed by atoms with Gasteiger partial charge in [-0.15, -0.1) is 0 Å². The number of benzene rings is 1. The first-order valence-electron chi connectivity index (χ1n) is 5.89. The van der Waals surface area contributed by atoms with E-state index in [4.69, 9.17) is 5.11 Å². The van der Waals surface area contributed by atoms with Crippen molar-refractivity contribution in [3.8, 4) is 0 Å². The molecule has 1 saturated heterocycles. The molecular weight excluding hydrogens is 282 g/mol. The van der Waals surface area contributed by atoms with Crippen LogP contribution in [0.5, 0.6) is 0 Å². The number of hydrogen-bond donors (Lipinski definition) is 2. The van der Waals surface area contributed by atoms with E-state index < -0.39 is 5.97 Å². The number of rotatable bonds is 3. The molecule has 0 saturated carbocycles. The molecule has 1 fully saturated rings. The zero-order valence-electron chi connectivity index (χ0n) is 9.53. The fourth-order valence-corrected chi connectivity index (χ4v) is 2.75. The first-order valence-corrected chi connectivity index (χ1v) is 6.68.